The minimum atomic E-state index is -3.43. The van der Waals surface area contributed by atoms with Gasteiger partial charge in [-0.2, -0.15) is 0 Å². The zero-order valence-corrected chi connectivity index (χ0v) is 16.8. The van der Waals surface area contributed by atoms with Crippen LogP contribution >= 0.6 is 0 Å². The molecule has 1 aliphatic rings. The number of hydrogen-bond acceptors (Lipinski definition) is 5. The monoisotopic (exact) mass is 402 g/mol. The molecule has 0 aliphatic heterocycles. The maximum absolute atomic E-state index is 12.3. The number of rotatable bonds is 7. The molecule has 1 N–H and O–H groups in total. The van der Waals surface area contributed by atoms with Crippen molar-refractivity contribution < 1.29 is 17.9 Å². The van der Waals surface area contributed by atoms with E-state index in [0.717, 1.165) is 31.2 Å². The molecule has 0 bridgehead atoms. The quantitative estimate of drug-likeness (QED) is 0.769. The Labute approximate surface area is 166 Å². The smallest absolute Gasteiger partial charge is 0.221 e. The van der Waals surface area contributed by atoms with Crippen LogP contribution in [0.25, 0.3) is 0 Å². The normalized spacial score (nSPS) is 19.8. The van der Waals surface area contributed by atoms with Gasteiger partial charge in [-0.3, -0.25) is 4.79 Å². The molecule has 2 aromatic rings. The standard InChI is InChI=1S/C21H26N2O4S/c1-16-7-12-21(22-15-16)27-18-10-8-17(9-11-18)23-20(24)13-14-28(25,26)19-5-3-2-4-6-19/h2-7,12,15,17-18H,8-11,13-14H2,1H3,(H,23,24). The first-order valence-electron chi connectivity index (χ1n) is 9.59. The zero-order chi connectivity index (χ0) is 20.0. The number of hydrogen-bond donors (Lipinski definition) is 1. The largest absolute Gasteiger partial charge is 0.474 e. The zero-order valence-electron chi connectivity index (χ0n) is 16.0. The van der Waals surface area contributed by atoms with E-state index in [2.05, 4.69) is 10.3 Å². The summed E-state index contributed by atoms with van der Waals surface area (Å²) in [6.07, 6.45) is 5.15. The van der Waals surface area contributed by atoms with Crippen LogP contribution in [-0.2, 0) is 14.6 Å². The number of ether oxygens (including phenoxy) is 1. The van der Waals surface area contributed by atoms with Crippen LogP contribution in [0.5, 0.6) is 5.88 Å². The molecular formula is C21H26N2O4S. The second-order valence-corrected chi connectivity index (χ2v) is 9.32. The number of sulfone groups is 1. The molecule has 0 atom stereocenters. The fourth-order valence-corrected chi connectivity index (χ4v) is 4.55. The second kappa shape index (κ2) is 9.19. The maximum atomic E-state index is 12.3. The van der Waals surface area contributed by atoms with Crippen molar-refractivity contribution in [1.29, 1.82) is 0 Å². The van der Waals surface area contributed by atoms with Gasteiger partial charge in [0.05, 0.1) is 10.6 Å². The fraction of sp³-hybridized carbons (Fsp3) is 0.429. The number of nitrogens with one attached hydrogen (secondary N) is 1. The van der Waals surface area contributed by atoms with Crippen molar-refractivity contribution in [2.75, 3.05) is 5.75 Å². The molecule has 0 saturated heterocycles. The van der Waals surface area contributed by atoms with Crippen molar-refractivity contribution in [3.05, 3.63) is 54.2 Å². The van der Waals surface area contributed by atoms with Crippen molar-refractivity contribution in [1.82, 2.24) is 10.3 Å². The molecule has 1 fully saturated rings. The van der Waals surface area contributed by atoms with Gasteiger partial charge in [0.2, 0.25) is 11.8 Å². The molecule has 0 radical (unpaired) electrons. The summed E-state index contributed by atoms with van der Waals surface area (Å²) < 4.78 is 30.4. The Morgan fingerprint density at radius 1 is 1.11 bits per heavy atom. The first kappa shape index (κ1) is 20.3. The summed E-state index contributed by atoms with van der Waals surface area (Å²) in [6, 6.07) is 12.1. The Kier molecular flexibility index (Phi) is 6.67. The van der Waals surface area contributed by atoms with Crippen molar-refractivity contribution in [3.8, 4) is 5.88 Å². The molecule has 0 unspecified atom stereocenters. The van der Waals surface area contributed by atoms with Crippen molar-refractivity contribution in [2.24, 2.45) is 0 Å². The average Bonchev–Trinajstić information content (AvgIpc) is 2.70. The summed E-state index contributed by atoms with van der Waals surface area (Å²) in [5, 5.41) is 2.96. The third kappa shape index (κ3) is 5.79. The van der Waals surface area contributed by atoms with Crippen molar-refractivity contribution in [2.45, 2.75) is 56.1 Å². The van der Waals surface area contributed by atoms with E-state index < -0.39 is 9.84 Å². The highest BCUT2D eigenvalue weighted by atomic mass is 32.2. The molecule has 1 saturated carbocycles. The van der Waals surface area contributed by atoms with Crippen LogP contribution in [0.2, 0.25) is 0 Å². The van der Waals surface area contributed by atoms with E-state index in [9.17, 15) is 13.2 Å². The number of aromatic nitrogens is 1. The number of aryl methyl sites for hydroxylation is 1. The van der Waals surface area contributed by atoms with Crippen molar-refractivity contribution >= 4 is 15.7 Å². The predicted molar refractivity (Wildman–Crippen MR) is 107 cm³/mol. The topological polar surface area (TPSA) is 85.4 Å². The molecule has 1 aromatic heterocycles. The summed E-state index contributed by atoms with van der Waals surface area (Å²) >= 11 is 0. The Morgan fingerprint density at radius 3 is 2.46 bits per heavy atom. The first-order valence-corrected chi connectivity index (χ1v) is 11.2. The molecule has 150 valence electrons. The third-order valence-corrected chi connectivity index (χ3v) is 6.64. The number of carbonyl (C=O) groups is 1. The number of pyridine rings is 1. The van der Waals surface area contributed by atoms with Crippen LogP contribution in [-0.4, -0.2) is 37.2 Å². The van der Waals surface area contributed by atoms with Crippen molar-refractivity contribution in [3.63, 3.8) is 0 Å². The summed E-state index contributed by atoms with van der Waals surface area (Å²) in [7, 11) is -3.43. The van der Waals surface area contributed by atoms with E-state index in [1.807, 2.05) is 19.1 Å². The molecular weight excluding hydrogens is 376 g/mol. The van der Waals surface area contributed by atoms with Crippen LogP contribution < -0.4 is 10.1 Å². The highest BCUT2D eigenvalue weighted by Crippen LogP contribution is 2.23. The summed E-state index contributed by atoms with van der Waals surface area (Å²) in [6.45, 7) is 1.98. The predicted octanol–water partition coefficient (Wildman–Crippen LogP) is 3.06. The minimum Gasteiger partial charge on any atom is -0.474 e. The van der Waals surface area contributed by atoms with E-state index in [-0.39, 0.29) is 35.1 Å². The highest BCUT2D eigenvalue weighted by molar-refractivity contribution is 7.91. The lowest BCUT2D eigenvalue weighted by Gasteiger charge is -2.29. The molecule has 0 spiro atoms. The van der Waals surface area contributed by atoms with Gasteiger partial charge < -0.3 is 10.1 Å². The summed E-state index contributed by atoms with van der Waals surface area (Å²) in [5.74, 6) is 0.230. The van der Waals surface area contributed by atoms with Gasteiger partial charge in [-0.1, -0.05) is 24.3 Å². The lowest BCUT2D eigenvalue weighted by molar-refractivity contribution is -0.121. The van der Waals surface area contributed by atoms with Crippen LogP contribution in [0.3, 0.4) is 0 Å². The van der Waals surface area contributed by atoms with Gasteiger partial charge in [0.25, 0.3) is 0 Å². The van der Waals surface area contributed by atoms with Crippen LogP contribution in [0.4, 0.5) is 0 Å². The van der Waals surface area contributed by atoms with Crippen LogP contribution in [0, 0.1) is 6.92 Å². The first-order chi connectivity index (χ1) is 13.4. The van der Waals surface area contributed by atoms with E-state index in [0.29, 0.717) is 5.88 Å². The number of nitrogens with zero attached hydrogens (tertiary/aromatic N) is 1. The molecule has 7 heteroatoms. The van der Waals surface area contributed by atoms with Gasteiger partial charge in [-0.25, -0.2) is 13.4 Å². The van der Waals surface area contributed by atoms with Gasteiger partial charge in [0.15, 0.2) is 9.84 Å². The van der Waals surface area contributed by atoms with Gasteiger partial charge in [-0.05, 0) is 50.3 Å². The molecule has 6 nitrogen and oxygen atoms in total. The Morgan fingerprint density at radius 2 is 1.82 bits per heavy atom. The molecule has 28 heavy (non-hydrogen) atoms. The van der Waals surface area contributed by atoms with Gasteiger partial charge in [0.1, 0.15) is 6.10 Å². The highest BCUT2D eigenvalue weighted by Gasteiger charge is 2.24. The Hall–Kier alpha value is -2.41. The van der Waals surface area contributed by atoms with Gasteiger partial charge in [-0.15, -0.1) is 0 Å². The van der Waals surface area contributed by atoms with E-state index in [1.54, 1.807) is 36.5 Å². The van der Waals surface area contributed by atoms with Crippen LogP contribution in [0.1, 0.15) is 37.7 Å². The third-order valence-electron chi connectivity index (χ3n) is 4.91. The second-order valence-electron chi connectivity index (χ2n) is 7.21. The van der Waals surface area contributed by atoms with Gasteiger partial charge in [0, 0.05) is 24.7 Å². The number of carbonyl (C=O) groups excluding carboxylic acids is 1. The Bertz CT molecular complexity index is 874. The molecule has 1 heterocycles. The number of amides is 1. The SMILES string of the molecule is Cc1ccc(OC2CCC(NC(=O)CCS(=O)(=O)c3ccccc3)CC2)nc1. The van der Waals surface area contributed by atoms with E-state index >= 15 is 0 Å². The van der Waals surface area contributed by atoms with Crippen LogP contribution in [0.15, 0.2) is 53.6 Å². The molecule has 3 rings (SSSR count). The minimum absolute atomic E-state index is 0.0268. The maximum Gasteiger partial charge on any atom is 0.221 e. The lowest BCUT2D eigenvalue weighted by atomic mass is 9.93. The molecule has 1 aliphatic carbocycles. The molecule has 1 amide bonds. The fourth-order valence-electron chi connectivity index (χ4n) is 3.29. The number of benzene rings is 1. The summed E-state index contributed by atoms with van der Waals surface area (Å²) in [5.41, 5.74) is 1.09. The molecule has 1 aromatic carbocycles. The van der Waals surface area contributed by atoms with Gasteiger partial charge >= 0.3 is 0 Å². The van der Waals surface area contributed by atoms with E-state index in [4.69, 9.17) is 4.74 Å². The summed E-state index contributed by atoms with van der Waals surface area (Å²) in [4.78, 5) is 16.7. The average molecular weight is 403 g/mol. The lowest BCUT2D eigenvalue weighted by Crippen LogP contribution is -2.40. The van der Waals surface area contributed by atoms with E-state index in [1.165, 1.54) is 0 Å². The Balaban J connectivity index is 1.40.